The lowest BCUT2D eigenvalue weighted by molar-refractivity contribution is -0.132. The third-order valence-electron chi connectivity index (χ3n) is 5.82. The Morgan fingerprint density at radius 3 is 1.60 bits per heavy atom. The molecule has 1 amide bonds. The van der Waals surface area contributed by atoms with Crippen LogP contribution in [0.15, 0.2) is 0 Å². The van der Waals surface area contributed by atoms with Crippen molar-refractivity contribution in [3.05, 3.63) is 0 Å². The Morgan fingerprint density at radius 2 is 1.13 bits per heavy atom. The van der Waals surface area contributed by atoms with Gasteiger partial charge in [0.25, 0.3) is 0 Å². The summed E-state index contributed by atoms with van der Waals surface area (Å²) in [6, 6.07) is -0.971. The fraction of sp³-hybridized carbons (Fsp3) is 0.958. The summed E-state index contributed by atoms with van der Waals surface area (Å²) in [6.07, 6.45) is 13.0. The van der Waals surface area contributed by atoms with Crippen molar-refractivity contribution in [2.45, 2.75) is 141 Å². The number of nitrogens with one attached hydrogen (secondary N) is 1. The van der Waals surface area contributed by atoms with Crippen LogP contribution in [0.2, 0.25) is 0 Å². The highest BCUT2D eigenvalue weighted by Crippen LogP contribution is 2.13. The zero-order valence-corrected chi connectivity index (χ0v) is 19.5. The first-order valence-corrected chi connectivity index (χ1v) is 12.4. The Kier molecular flexibility index (Phi) is 19.8. The van der Waals surface area contributed by atoms with Crippen molar-refractivity contribution >= 4 is 5.91 Å². The van der Waals surface area contributed by atoms with Gasteiger partial charge in [0.05, 0.1) is 18.8 Å². The minimum Gasteiger partial charge on any atom is -0.394 e. The molecule has 0 heterocycles. The molecule has 0 saturated carbocycles. The van der Waals surface area contributed by atoms with Crippen molar-refractivity contribution < 1.29 is 25.2 Å². The van der Waals surface area contributed by atoms with Crippen molar-refractivity contribution in [3.63, 3.8) is 0 Å². The summed E-state index contributed by atoms with van der Waals surface area (Å²) in [5, 5.41) is 42.5. The van der Waals surface area contributed by atoms with E-state index in [2.05, 4.69) is 19.2 Å². The maximum Gasteiger partial charge on any atom is 0.249 e. The maximum absolute atomic E-state index is 12.2. The lowest BCUT2D eigenvalue weighted by Gasteiger charge is -2.27. The number of aliphatic hydroxyl groups excluding tert-OH is 4. The highest BCUT2D eigenvalue weighted by molar-refractivity contribution is 5.80. The fourth-order valence-electron chi connectivity index (χ4n) is 3.69. The van der Waals surface area contributed by atoms with Gasteiger partial charge in [-0.3, -0.25) is 4.79 Å². The van der Waals surface area contributed by atoms with Gasteiger partial charge in [-0.1, -0.05) is 104 Å². The second-order valence-electron chi connectivity index (χ2n) is 8.69. The summed E-state index contributed by atoms with van der Waals surface area (Å²) in [5.74, 6) is -0.595. The summed E-state index contributed by atoms with van der Waals surface area (Å²) in [5.41, 5.74) is 0. The number of amides is 1. The number of carbonyl (C=O) groups excluding carboxylic acids is 1. The van der Waals surface area contributed by atoms with E-state index in [4.69, 9.17) is 0 Å². The Hall–Kier alpha value is -0.690. The van der Waals surface area contributed by atoms with Crippen LogP contribution < -0.4 is 5.32 Å². The van der Waals surface area contributed by atoms with E-state index in [-0.39, 0.29) is 0 Å². The highest BCUT2D eigenvalue weighted by atomic mass is 16.3. The first kappa shape index (κ1) is 29.3. The zero-order valence-electron chi connectivity index (χ0n) is 19.5. The fourth-order valence-corrected chi connectivity index (χ4v) is 3.69. The van der Waals surface area contributed by atoms with E-state index >= 15 is 0 Å². The van der Waals surface area contributed by atoms with Crippen LogP contribution in [0, 0.1) is 0 Å². The highest BCUT2D eigenvalue weighted by Gasteiger charge is 2.28. The lowest BCUT2D eigenvalue weighted by Crippen LogP contribution is -2.53. The summed E-state index contributed by atoms with van der Waals surface area (Å²) in [6.45, 7) is 3.88. The van der Waals surface area contributed by atoms with E-state index in [0.29, 0.717) is 12.8 Å². The molecule has 0 rings (SSSR count). The summed E-state index contributed by atoms with van der Waals surface area (Å²) >= 11 is 0. The van der Waals surface area contributed by atoms with Gasteiger partial charge in [-0.25, -0.2) is 0 Å². The molecule has 0 aliphatic heterocycles. The Morgan fingerprint density at radius 1 is 0.700 bits per heavy atom. The van der Waals surface area contributed by atoms with Crippen LogP contribution in [0.25, 0.3) is 0 Å². The molecule has 0 aromatic heterocycles. The van der Waals surface area contributed by atoms with Gasteiger partial charge in [0.2, 0.25) is 5.91 Å². The number of aliphatic hydroxyl groups is 4. The van der Waals surface area contributed by atoms with E-state index in [9.17, 15) is 25.2 Å². The van der Waals surface area contributed by atoms with Crippen molar-refractivity contribution in [1.29, 1.82) is 0 Å². The summed E-state index contributed by atoms with van der Waals surface area (Å²) in [7, 11) is 0. The normalized spacial score (nSPS) is 15.5. The van der Waals surface area contributed by atoms with Crippen LogP contribution in [0.3, 0.4) is 0 Å². The molecule has 0 aromatic carbocycles. The third kappa shape index (κ3) is 15.2. The predicted molar refractivity (Wildman–Crippen MR) is 122 cm³/mol. The van der Waals surface area contributed by atoms with Crippen molar-refractivity contribution in [3.8, 4) is 0 Å². The number of unbranched alkanes of at least 4 members (excludes halogenated alkanes) is 12. The number of carbonyl (C=O) groups is 1. The smallest absolute Gasteiger partial charge is 0.249 e. The summed E-state index contributed by atoms with van der Waals surface area (Å²) in [4.78, 5) is 12.2. The molecule has 4 unspecified atom stereocenters. The Balaban J connectivity index is 4.04. The largest absolute Gasteiger partial charge is 0.394 e. The Bertz CT molecular complexity index is 394. The average molecular weight is 432 g/mol. The van der Waals surface area contributed by atoms with Crippen LogP contribution in [0.4, 0.5) is 0 Å². The van der Waals surface area contributed by atoms with Gasteiger partial charge in [0, 0.05) is 0 Å². The van der Waals surface area contributed by atoms with Crippen LogP contribution in [-0.2, 0) is 4.79 Å². The predicted octanol–water partition coefficient (Wildman–Crippen LogP) is 3.83. The number of hydrogen-bond acceptors (Lipinski definition) is 5. The molecule has 0 fully saturated rings. The molecule has 0 radical (unpaired) electrons. The number of hydrogen-bond donors (Lipinski definition) is 5. The summed E-state index contributed by atoms with van der Waals surface area (Å²) < 4.78 is 0. The molecule has 0 aliphatic rings. The third-order valence-corrected chi connectivity index (χ3v) is 5.82. The molecule has 0 spiro atoms. The average Bonchev–Trinajstić information content (AvgIpc) is 2.75. The molecule has 5 N–H and O–H groups in total. The van der Waals surface area contributed by atoms with Gasteiger partial charge in [0.1, 0.15) is 12.2 Å². The van der Waals surface area contributed by atoms with Gasteiger partial charge < -0.3 is 25.7 Å². The molecule has 30 heavy (non-hydrogen) atoms. The second-order valence-corrected chi connectivity index (χ2v) is 8.69. The van der Waals surface area contributed by atoms with Gasteiger partial charge in [-0.15, -0.1) is 0 Å². The molecule has 0 aliphatic carbocycles. The zero-order chi connectivity index (χ0) is 22.6. The molecule has 4 atom stereocenters. The second kappa shape index (κ2) is 20.2. The molecule has 6 nitrogen and oxygen atoms in total. The molecule has 0 saturated heterocycles. The molecule has 6 heteroatoms. The minimum absolute atomic E-state index is 0.370. The molecule has 180 valence electrons. The minimum atomic E-state index is -1.25. The Labute approximate surface area is 184 Å². The monoisotopic (exact) mass is 431 g/mol. The standard InChI is InChI=1S/C24H49NO5/c1-3-5-7-9-11-12-14-16-18-22(28)24(30)25-20(19-26)23(29)21(27)17-15-13-10-8-6-4-2/h20-23,26-29H,3-19H2,1-2H3,(H,25,30). The number of rotatable bonds is 21. The van der Waals surface area contributed by atoms with Gasteiger partial charge in [-0.2, -0.15) is 0 Å². The topological polar surface area (TPSA) is 110 Å². The molecular formula is C24H49NO5. The van der Waals surface area contributed by atoms with Crippen molar-refractivity contribution in [2.24, 2.45) is 0 Å². The SMILES string of the molecule is CCCCCCCCCCC(O)C(=O)NC(CO)C(O)C(O)CCCCCCCC. The van der Waals surface area contributed by atoms with E-state index in [1.807, 2.05) is 0 Å². The van der Waals surface area contributed by atoms with Crippen LogP contribution in [0.1, 0.15) is 117 Å². The van der Waals surface area contributed by atoms with E-state index in [1.54, 1.807) is 0 Å². The van der Waals surface area contributed by atoms with Gasteiger partial charge >= 0.3 is 0 Å². The quantitative estimate of drug-likeness (QED) is 0.177. The molecular weight excluding hydrogens is 382 g/mol. The van der Waals surface area contributed by atoms with E-state index in [1.165, 1.54) is 51.4 Å². The maximum atomic E-state index is 12.2. The van der Waals surface area contributed by atoms with Crippen molar-refractivity contribution in [1.82, 2.24) is 5.32 Å². The van der Waals surface area contributed by atoms with E-state index in [0.717, 1.165) is 38.5 Å². The molecule has 0 bridgehead atoms. The van der Waals surface area contributed by atoms with Crippen LogP contribution in [0.5, 0.6) is 0 Å². The van der Waals surface area contributed by atoms with Crippen molar-refractivity contribution in [2.75, 3.05) is 6.61 Å². The van der Waals surface area contributed by atoms with Crippen LogP contribution in [-0.4, -0.2) is 57.3 Å². The first-order valence-electron chi connectivity index (χ1n) is 12.4. The first-order chi connectivity index (χ1) is 14.5. The van der Waals surface area contributed by atoms with E-state index < -0.39 is 36.9 Å². The van der Waals surface area contributed by atoms with Gasteiger partial charge in [0.15, 0.2) is 0 Å². The molecule has 0 aromatic rings. The van der Waals surface area contributed by atoms with Gasteiger partial charge in [-0.05, 0) is 12.8 Å². The lowest BCUT2D eigenvalue weighted by atomic mass is 9.99. The van der Waals surface area contributed by atoms with Crippen LogP contribution >= 0.6 is 0 Å².